The van der Waals surface area contributed by atoms with Crippen LogP contribution in [0.15, 0.2) is 35.9 Å². The molecule has 1 aromatic rings. The van der Waals surface area contributed by atoms with E-state index in [9.17, 15) is 4.79 Å². The number of rotatable bonds is 5. The molecule has 0 saturated heterocycles. The quantitative estimate of drug-likeness (QED) is 0.774. The van der Waals surface area contributed by atoms with Gasteiger partial charge in [0.05, 0.1) is 0 Å². The molecule has 0 radical (unpaired) electrons. The van der Waals surface area contributed by atoms with Gasteiger partial charge in [0.15, 0.2) is 0 Å². The summed E-state index contributed by atoms with van der Waals surface area (Å²) >= 11 is 0. The van der Waals surface area contributed by atoms with Crippen LogP contribution in [0.3, 0.4) is 0 Å². The largest absolute Gasteiger partial charge is 0.352 e. The van der Waals surface area contributed by atoms with E-state index in [2.05, 4.69) is 19.2 Å². The molecule has 1 N–H and O–H groups in total. The van der Waals surface area contributed by atoms with Crippen molar-refractivity contribution in [3.05, 3.63) is 41.5 Å². The van der Waals surface area contributed by atoms with Crippen molar-refractivity contribution in [2.75, 3.05) is 6.54 Å². The second-order valence-corrected chi connectivity index (χ2v) is 4.54. The highest BCUT2D eigenvalue weighted by atomic mass is 16.1. The van der Waals surface area contributed by atoms with Crippen LogP contribution >= 0.6 is 0 Å². The predicted molar refractivity (Wildman–Crippen MR) is 72.6 cm³/mol. The van der Waals surface area contributed by atoms with E-state index in [4.69, 9.17) is 0 Å². The van der Waals surface area contributed by atoms with Crippen molar-refractivity contribution in [2.45, 2.75) is 27.2 Å². The highest BCUT2D eigenvalue weighted by Gasteiger charge is 2.07. The molecule has 0 saturated carbocycles. The standard InChI is InChI=1S/C15H21NO/c1-4-14(15(17)16-11-12(2)3)10-13-8-6-5-7-9-13/h5-10,12H,4,11H2,1-3H3,(H,16,17)/b14-10+. The molecular formula is C15H21NO. The van der Waals surface area contributed by atoms with Crippen LogP contribution in [0, 0.1) is 5.92 Å². The van der Waals surface area contributed by atoms with Crippen molar-refractivity contribution in [1.29, 1.82) is 0 Å². The molecule has 0 aromatic heterocycles. The Morgan fingerprint density at radius 3 is 2.47 bits per heavy atom. The number of carbonyl (C=O) groups excluding carboxylic acids is 1. The average Bonchev–Trinajstić information content (AvgIpc) is 2.34. The molecule has 0 spiro atoms. The smallest absolute Gasteiger partial charge is 0.247 e. The zero-order valence-electron chi connectivity index (χ0n) is 10.9. The van der Waals surface area contributed by atoms with Crippen molar-refractivity contribution in [2.24, 2.45) is 5.92 Å². The summed E-state index contributed by atoms with van der Waals surface area (Å²) in [5.74, 6) is 0.527. The van der Waals surface area contributed by atoms with E-state index in [0.29, 0.717) is 5.92 Å². The molecule has 0 fully saturated rings. The maximum absolute atomic E-state index is 11.9. The van der Waals surface area contributed by atoms with Crippen molar-refractivity contribution >= 4 is 12.0 Å². The Bertz CT molecular complexity index is 379. The molecule has 0 aliphatic rings. The summed E-state index contributed by atoms with van der Waals surface area (Å²) in [6.45, 7) is 6.91. The lowest BCUT2D eigenvalue weighted by Crippen LogP contribution is -2.28. The molecule has 1 rings (SSSR count). The van der Waals surface area contributed by atoms with Gasteiger partial charge in [-0.15, -0.1) is 0 Å². The normalized spacial score (nSPS) is 11.6. The average molecular weight is 231 g/mol. The SMILES string of the molecule is CC/C(=C\c1ccccc1)C(=O)NCC(C)C. The summed E-state index contributed by atoms with van der Waals surface area (Å²) in [5, 5.41) is 2.95. The van der Waals surface area contributed by atoms with E-state index in [0.717, 1.165) is 24.1 Å². The summed E-state index contributed by atoms with van der Waals surface area (Å²) in [6, 6.07) is 9.94. The Hall–Kier alpha value is -1.57. The molecule has 2 nitrogen and oxygen atoms in total. The van der Waals surface area contributed by atoms with Crippen LogP contribution in [0.1, 0.15) is 32.8 Å². The van der Waals surface area contributed by atoms with Crippen molar-refractivity contribution in [3.8, 4) is 0 Å². The first-order valence-electron chi connectivity index (χ1n) is 6.17. The van der Waals surface area contributed by atoms with Gasteiger partial charge in [-0.3, -0.25) is 4.79 Å². The maximum atomic E-state index is 11.9. The van der Waals surface area contributed by atoms with E-state index < -0.39 is 0 Å². The Kier molecular flexibility index (Phi) is 5.47. The van der Waals surface area contributed by atoms with E-state index in [1.165, 1.54) is 0 Å². The Labute approximate surface area is 104 Å². The van der Waals surface area contributed by atoms with Gasteiger partial charge in [0.2, 0.25) is 5.91 Å². The van der Waals surface area contributed by atoms with Gasteiger partial charge in [0.1, 0.15) is 0 Å². The van der Waals surface area contributed by atoms with Gasteiger partial charge in [-0.2, -0.15) is 0 Å². The molecule has 0 aliphatic carbocycles. The highest BCUT2D eigenvalue weighted by molar-refractivity contribution is 5.97. The van der Waals surface area contributed by atoms with Crippen LogP contribution in [0.4, 0.5) is 0 Å². The van der Waals surface area contributed by atoms with Gasteiger partial charge >= 0.3 is 0 Å². The number of hydrogen-bond donors (Lipinski definition) is 1. The van der Waals surface area contributed by atoms with Crippen molar-refractivity contribution in [3.63, 3.8) is 0 Å². The third-order valence-corrected chi connectivity index (χ3v) is 2.48. The molecule has 0 heterocycles. The van der Waals surface area contributed by atoms with Crippen molar-refractivity contribution < 1.29 is 4.79 Å². The summed E-state index contributed by atoms with van der Waals surface area (Å²) < 4.78 is 0. The van der Waals surface area contributed by atoms with Crippen LogP contribution in [-0.2, 0) is 4.79 Å². The fraction of sp³-hybridized carbons (Fsp3) is 0.400. The lowest BCUT2D eigenvalue weighted by molar-refractivity contribution is -0.117. The van der Waals surface area contributed by atoms with Crippen LogP contribution in [0.25, 0.3) is 6.08 Å². The van der Waals surface area contributed by atoms with Gasteiger partial charge in [0, 0.05) is 12.1 Å². The molecule has 2 heteroatoms. The highest BCUT2D eigenvalue weighted by Crippen LogP contribution is 2.09. The Morgan fingerprint density at radius 1 is 1.29 bits per heavy atom. The first kappa shape index (κ1) is 13.5. The molecule has 0 bridgehead atoms. The molecular weight excluding hydrogens is 210 g/mol. The maximum Gasteiger partial charge on any atom is 0.247 e. The van der Waals surface area contributed by atoms with Crippen molar-refractivity contribution in [1.82, 2.24) is 5.32 Å². The summed E-state index contributed by atoms with van der Waals surface area (Å²) in [5.41, 5.74) is 1.90. The fourth-order valence-corrected chi connectivity index (χ4v) is 1.49. The summed E-state index contributed by atoms with van der Waals surface area (Å²) in [7, 11) is 0. The second-order valence-electron chi connectivity index (χ2n) is 4.54. The summed E-state index contributed by atoms with van der Waals surface area (Å²) in [6.07, 6.45) is 2.70. The minimum Gasteiger partial charge on any atom is -0.352 e. The van der Waals surface area contributed by atoms with Crippen LogP contribution in [0.5, 0.6) is 0 Å². The van der Waals surface area contributed by atoms with Crippen LogP contribution in [0.2, 0.25) is 0 Å². The fourth-order valence-electron chi connectivity index (χ4n) is 1.49. The Morgan fingerprint density at radius 2 is 1.94 bits per heavy atom. The van der Waals surface area contributed by atoms with Gasteiger partial charge in [-0.25, -0.2) is 0 Å². The van der Waals surface area contributed by atoms with E-state index in [-0.39, 0.29) is 5.91 Å². The molecule has 92 valence electrons. The van der Waals surface area contributed by atoms with E-state index in [1.807, 2.05) is 43.3 Å². The van der Waals surface area contributed by atoms with Gasteiger partial charge in [-0.05, 0) is 24.0 Å². The molecule has 1 aromatic carbocycles. The number of hydrogen-bond acceptors (Lipinski definition) is 1. The molecule has 0 atom stereocenters. The van der Waals surface area contributed by atoms with Crippen LogP contribution < -0.4 is 5.32 Å². The first-order chi connectivity index (χ1) is 8.13. The van der Waals surface area contributed by atoms with Crippen LogP contribution in [-0.4, -0.2) is 12.5 Å². The van der Waals surface area contributed by atoms with Gasteiger partial charge in [0.25, 0.3) is 0 Å². The number of nitrogens with one attached hydrogen (secondary N) is 1. The second kappa shape index (κ2) is 6.89. The van der Waals surface area contributed by atoms with Gasteiger partial charge < -0.3 is 5.32 Å². The topological polar surface area (TPSA) is 29.1 Å². The third-order valence-electron chi connectivity index (χ3n) is 2.48. The molecule has 0 aliphatic heterocycles. The zero-order chi connectivity index (χ0) is 12.7. The lowest BCUT2D eigenvalue weighted by Gasteiger charge is -2.09. The Balaban J connectivity index is 2.71. The minimum absolute atomic E-state index is 0.0463. The molecule has 0 unspecified atom stereocenters. The van der Waals surface area contributed by atoms with Gasteiger partial charge in [-0.1, -0.05) is 51.1 Å². The molecule has 17 heavy (non-hydrogen) atoms. The monoisotopic (exact) mass is 231 g/mol. The minimum atomic E-state index is 0.0463. The third kappa shape index (κ3) is 4.85. The van der Waals surface area contributed by atoms with E-state index in [1.54, 1.807) is 0 Å². The summed E-state index contributed by atoms with van der Waals surface area (Å²) in [4.78, 5) is 11.9. The van der Waals surface area contributed by atoms with E-state index >= 15 is 0 Å². The lowest BCUT2D eigenvalue weighted by atomic mass is 10.1. The number of carbonyl (C=O) groups is 1. The number of benzene rings is 1. The predicted octanol–water partition coefficient (Wildman–Crippen LogP) is 3.25. The molecule has 1 amide bonds. The zero-order valence-corrected chi connectivity index (χ0v) is 10.9. The number of amides is 1. The first-order valence-corrected chi connectivity index (χ1v) is 6.17.